The van der Waals surface area contributed by atoms with Crippen molar-refractivity contribution in [2.45, 2.75) is 39.7 Å². The largest absolute Gasteiger partial charge is 0.507 e. The molecule has 3 aromatic carbocycles. The molecule has 3 aromatic rings. The molecule has 4 heteroatoms. The number of nitrogens with zero attached hydrogens (tertiary/aromatic N) is 1. The number of carbonyl (C=O) groups excluding carboxylic acids is 2. The molecule has 1 saturated heterocycles. The molecule has 0 aromatic heterocycles. The second-order valence-corrected chi connectivity index (χ2v) is 8.64. The second-order valence-electron chi connectivity index (χ2n) is 8.64. The van der Waals surface area contributed by atoms with E-state index in [0.717, 1.165) is 28.7 Å². The van der Waals surface area contributed by atoms with Gasteiger partial charge in [-0.2, -0.15) is 0 Å². The van der Waals surface area contributed by atoms with Crippen LogP contribution in [0.2, 0.25) is 0 Å². The minimum Gasteiger partial charge on any atom is -0.507 e. The maximum Gasteiger partial charge on any atom is 0.295 e. The van der Waals surface area contributed by atoms with Gasteiger partial charge in [-0.05, 0) is 55.0 Å². The van der Waals surface area contributed by atoms with Crippen LogP contribution >= 0.6 is 0 Å². The highest BCUT2D eigenvalue weighted by atomic mass is 16.3. The normalized spacial score (nSPS) is 17.5. The zero-order chi connectivity index (χ0) is 23.5. The highest BCUT2D eigenvalue weighted by molar-refractivity contribution is 6.46. The van der Waals surface area contributed by atoms with Crippen LogP contribution in [0, 0.1) is 13.8 Å². The van der Waals surface area contributed by atoms with Gasteiger partial charge in [0.2, 0.25) is 0 Å². The molecule has 1 heterocycles. The van der Waals surface area contributed by atoms with Gasteiger partial charge in [0.25, 0.3) is 11.7 Å². The number of ketones is 1. The summed E-state index contributed by atoms with van der Waals surface area (Å²) in [6.07, 6.45) is 1.53. The first kappa shape index (κ1) is 22.5. The summed E-state index contributed by atoms with van der Waals surface area (Å²) in [7, 11) is 0. The Bertz CT molecular complexity index is 1210. The van der Waals surface area contributed by atoms with Crippen molar-refractivity contribution in [1.82, 2.24) is 4.90 Å². The van der Waals surface area contributed by atoms with E-state index >= 15 is 0 Å². The second kappa shape index (κ2) is 9.45. The Balaban J connectivity index is 1.82. The predicted octanol–water partition coefficient (Wildman–Crippen LogP) is 5.53. The van der Waals surface area contributed by atoms with E-state index in [4.69, 9.17) is 0 Å². The Hall–Kier alpha value is -3.66. The molecule has 0 saturated carbocycles. The minimum absolute atomic E-state index is 0.110. The van der Waals surface area contributed by atoms with Crippen LogP contribution in [0.1, 0.15) is 46.3 Å². The standard InChI is InChI=1S/C29H29NO3/c1-4-21-12-14-23(15-13-21)26-25(27(31)24-18-19(2)10-11-20(24)3)28(32)29(33)30(26)17-16-22-8-6-5-7-9-22/h5-15,18,26,31H,4,16-17H2,1-3H3. The van der Waals surface area contributed by atoms with Gasteiger partial charge in [-0.15, -0.1) is 0 Å². The van der Waals surface area contributed by atoms with Crippen LogP contribution in [0.25, 0.3) is 5.76 Å². The summed E-state index contributed by atoms with van der Waals surface area (Å²) in [6, 6.07) is 23.0. The molecule has 1 unspecified atom stereocenters. The number of rotatable bonds is 6. The fraction of sp³-hybridized carbons (Fsp3) is 0.241. The van der Waals surface area contributed by atoms with Gasteiger partial charge in [0.15, 0.2) is 0 Å². The fourth-order valence-electron chi connectivity index (χ4n) is 4.42. The van der Waals surface area contributed by atoms with Gasteiger partial charge in [0, 0.05) is 12.1 Å². The lowest BCUT2D eigenvalue weighted by molar-refractivity contribution is -0.139. The third-order valence-corrected chi connectivity index (χ3v) is 6.38. The molecule has 1 aliphatic heterocycles. The van der Waals surface area contributed by atoms with Gasteiger partial charge in [-0.3, -0.25) is 9.59 Å². The van der Waals surface area contributed by atoms with E-state index in [9.17, 15) is 14.7 Å². The number of aliphatic hydroxyl groups excluding tert-OH is 1. The molecule has 0 aliphatic carbocycles. The Morgan fingerprint density at radius 2 is 1.61 bits per heavy atom. The SMILES string of the molecule is CCc1ccc(C2C(=C(O)c3cc(C)ccc3C)C(=O)C(=O)N2CCc2ccccc2)cc1. The van der Waals surface area contributed by atoms with Crippen LogP contribution in [0.3, 0.4) is 0 Å². The van der Waals surface area contributed by atoms with E-state index in [1.807, 2.05) is 86.6 Å². The molecule has 1 fully saturated rings. The van der Waals surface area contributed by atoms with Crippen LogP contribution < -0.4 is 0 Å². The van der Waals surface area contributed by atoms with Crippen molar-refractivity contribution < 1.29 is 14.7 Å². The molecule has 1 aliphatic rings. The van der Waals surface area contributed by atoms with Crippen molar-refractivity contribution in [3.8, 4) is 0 Å². The van der Waals surface area contributed by atoms with Crippen LogP contribution in [0.15, 0.2) is 78.4 Å². The number of hydrogen-bond acceptors (Lipinski definition) is 3. The first-order valence-corrected chi connectivity index (χ1v) is 11.4. The van der Waals surface area contributed by atoms with Gasteiger partial charge >= 0.3 is 0 Å². The minimum atomic E-state index is -0.633. The fourth-order valence-corrected chi connectivity index (χ4v) is 4.42. The van der Waals surface area contributed by atoms with E-state index in [2.05, 4.69) is 6.92 Å². The number of carbonyl (C=O) groups is 2. The van der Waals surface area contributed by atoms with Gasteiger partial charge in [0.05, 0.1) is 11.6 Å². The summed E-state index contributed by atoms with van der Waals surface area (Å²) in [4.78, 5) is 28.0. The Kier molecular flexibility index (Phi) is 6.45. The van der Waals surface area contributed by atoms with Gasteiger partial charge in [0.1, 0.15) is 5.76 Å². The van der Waals surface area contributed by atoms with Crippen LogP contribution in [-0.2, 0) is 22.4 Å². The summed E-state index contributed by atoms with van der Waals surface area (Å²) < 4.78 is 0. The summed E-state index contributed by atoms with van der Waals surface area (Å²) in [5, 5.41) is 11.3. The molecule has 33 heavy (non-hydrogen) atoms. The molecule has 4 rings (SSSR count). The number of aliphatic hydroxyl groups is 1. The zero-order valence-electron chi connectivity index (χ0n) is 19.3. The third-order valence-electron chi connectivity index (χ3n) is 6.38. The highest BCUT2D eigenvalue weighted by Crippen LogP contribution is 2.40. The van der Waals surface area contributed by atoms with Crippen molar-refractivity contribution >= 4 is 17.4 Å². The van der Waals surface area contributed by atoms with E-state index in [-0.39, 0.29) is 11.3 Å². The lowest BCUT2D eigenvalue weighted by atomic mass is 9.92. The van der Waals surface area contributed by atoms with Gasteiger partial charge in [-0.1, -0.05) is 79.2 Å². The maximum atomic E-state index is 13.2. The molecule has 1 atom stereocenters. The Morgan fingerprint density at radius 1 is 0.909 bits per heavy atom. The number of hydrogen-bond donors (Lipinski definition) is 1. The first-order valence-electron chi connectivity index (χ1n) is 11.4. The number of aryl methyl sites for hydroxylation is 3. The van der Waals surface area contributed by atoms with Crippen molar-refractivity contribution in [1.29, 1.82) is 0 Å². The van der Waals surface area contributed by atoms with Crippen LogP contribution in [0.5, 0.6) is 0 Å². The number of Topliss-reactive ketones (excluding diaryl/α,β-unsaturated/α-hetero) is 1. The predicted molar refractivity (Wildman–Crippen MR) is 131 cm³/mol. The summed E-state index contributed by atoms with van der Waals surface area (Å²) >= 11 is 0. The molecule has 0 radical (unpaired) electrons. The molecule has 1 N–H and O–H groups in total. The molecule has 4 nitrogen and oxygen atoms in total. The number of likely N-dealkylation sites (tertiary alicyclic amines) is 1. The van der Waals surface area contributed by atoms with Crippen molar-refractivity contribution in [3.05, 3.63) is 112 Å². The van der Waals surface area contributed by atoms with Crippen molar-refractivity contribution in [2.75, 3.05) is 6.54 Å². The summed E-state index contributed by atoms with van der Waals surface area (Å²) in [5.74, 6) is -1.31. The lowest BCUT2D eigenvalue weighted by Gasteiger charge is -2.25. The lowest BCUT2D eigenvalue weighted by Crippen LogP contribution is -2.31. The summed E-state index contributed by atoms with van der Waals surface area (Å²) in [5.41, 5.74) is 5.67. The first-order chi connectivity index (χ1) is 15.9. The Labute approximate surface area is 195 Å². The molecular weight excluding hydrogens is 410 g/mol. The Morgan fingerprint density at radius 3 is 2.27 bits per heavy atom. The third kappa shape index (κ3) is 4.47. The van der Waals surface area contributed by atoms with Crippen LogP contribution in [-0.4, -0.2) is 28.2 Å². The zero-order valence-corrected chi connectivity index (χ0v) is 19.3. The average Bonchev–Trinajstić information content (AvgIpc) is 3.09. The van der Waals surface area contributed by atoms with E-state index in [1.165, 1.54) is 5.56 Å². The number of benzene rings is 3. The van der Waals surface area contributed by atoms with E-state index < -0.39 is 17.7 Å². The topological polar surface area (TPSA) is 57.6 Å². The maximum absolute atomic E-state index is 13.2. The average molecular weight is 440 g/mol. The van der Waals surface area contributed by atoms with Crippen molar-refractivity contribution in [3.63, 3.8) is 0 Å². The smallest absolute Gasteiger partial charge is 0.295 e. The highest BCUT2D eigenvalue weighted by Gasteiger charge is 2.45. The van der Waals surface area contributed by atoms with Crippen molar-refractivity contribution in [2.24, 2.45) is 0 Å². The number of amides is 1. The molecule has 1 amide bonds. The molecule has 0 bridgehead atoms. The molecule has 0 spiro atoms. The monoisotopic (exact) mass is 439 g/mol. The van der Waals surface area contributed by atoms with E-state index in [1.54, 1.807) is 4.90 Å². The molecule has 168 valence electrons. The quantitative estimate of drug-likeness (QED) is 0.312. The van der Waals surface area contributed by atoms with Crippen LogP contribution in [0.4, 0.5) is 0 Å². The van der Waals surface area contributed by atoms with E-state index in [0.29, 0.717) is 18.5 Å². The van der Waals surface area contributed by atoms with Gasteiger partial charge < -0.3 is 10.0 Å². The summed E-state index contributed by atoms with van der Waals surface area (Å²) in [6.45, 7) is 6.31. The molecular formula is C29H29NO3. The van der Waals surface area contributed by atoms with Gasteiger partial charge in [-0.25, -0.2) is 0 Å².